The highest BCUT2D eigenvalue weighted by Crippen LogP contribution is 2.48. The third-order valence-electron chi connectivity index (χ3n) is 8.99. The molecule has 1 fully saturated rings. The summed E-state index contributed by atoms with van der Waals surface area (Å²) in [5, 5.41) is 0. The molecule has 234 valence electrons. The van der Waals surface area contributed by atoms with Crippen LogP contribution in [0.2, 0.25) is 0 Å². The molecule has 1 aliphatic heterocycles. The monoisotopic (exact) mass is 620 g/mol. The Bertz CT molecular complexity index is 1920. The summed E-state index contributed by atoms with van der Waals surface area (Å²) in [5.74, 6) is 0.636. The molecular formula is C41H36N2O4. The van der Waals surface area contributed by atoms with Gasteiger partial charge in [-0.15, -0.1) is 0 Å². The van der Waals surface area contributed by atoms with Crippen LogP contribution in [0, 0.1) is 5.92 Å². The van der Waals surface area contributed by atoms with Crippen molar-refractivity contribution in [3.63, 3.8) is 0 Å². The molecule has 7 rings (SSSR count). The first-order chi connectivity index (χ1) is 23.0. The lowest BCUT2D eigenvalue weighted by Gasteiger charge is -2.38. The number of aliphatic imine (C=N–C) groups is 1. The van der Waals surface area contributed by atoms with Crippen molar-refractivity contribution >= 4 is 28.8 Å². The number of benzene rings is 5. The Labute approximate surface area is 275 Å². The number of fused-ring (bicyclic) bond motifs is 2. The van der Waals surface area contributed by atoms with Crippen LogP contribution in [0.3, 0.4) is 0 Å². The summed E-state index contributed by atoms with van der Waals surface area (Å²) in [5.41, 5.74) is 6.12. The van der Waals surface area contributed by atoms with Crippen molar-refractivity contribution in [3.8, 4) is 11.5 Å². The van der Waals surface area contributed by atoms with Crippen LogP contribution in [0.15, 0.2) is 138 Å². The van der Waals surface area contributed by atoms with Gasteiger partial charge < -0.3 is 14.4 Å². The van der Waals surface area contributed by atoms with Gasteiger partial charge in [0.2, 0.25) is 5.91 Å². The smallest absolute Gasteiger partial charge is 0.224 e. The molecule has 3 unspecified atom stereocenters. The SMILES string of the molecule is CC(=O)N1c2ccccc2N=C2CC(c3ccccc3OCc3ccccc3)CC(=O)C2C1c1cccc(OCc2ccccc2)c1. The lowest BCUT2D eigenvalue weighted by atomic mass is 9.72. The standard InChI is InChI=1S/C41H36N2O4/c1-28(44)43-37-21-10-9-20-35(37)42-36-24-32(34-19-8-11-22-39(34)47-27-30-15-6-3-7-16-30)25-38(45)40(36)41(43)31-17-12-18-33(23-31)46-26-29-13-4-2-5-14-29/h2-23,32,40-41H,24-27H2,1H3. The molecule has 0 bridgehead atoms. The predicted molar refractivity (Wildman–Crippen MR) is 184 cm³/mol. The van der Waals surface area contributed by atoms with Gasteiger partial charge in [0.1, 0.15) is 30.5 Å². The highest BCUT2D eigenvalue weighted by Gasteiger charge is 2.46. The van der Waals surface area contributed by atoms with E-state index in [1.54, 1.807) is 11.8 Å². The molecule has 2 aliphatic rings. The number of nitrogens with zero attached hydrogens (tertiary/aromatic N) is 2. The van der Waals surface area contributed by atoms with Crippen LogP contribution in [-0.4, -0.2) is 17.4 Å². The Kier molecular flexibility index (Phi) is 8.65. The molecule has 0 N–H and O–H groups in total. The van der Waals surface area contributed by atoms with Gasteiger partial charge >= 0.3 is 0 Å². The molecule has 1 heterocycles. The molecule has 1 amide bonds. The minimum atomic E-state index is -0.607. The number of Topliss-reactive ketones (excluding diaryl/α,β-unsaturated/α-hetero) is 1. The highest BCUT2D eigenvalue weighted by molar-refractivity contribution is 6.13. The van der Waals surface area contributed by atoms with E-state index in [1.165, 1.54) is 0 Å². The van der Waals surface area contributed by atoms with Gasteiger partial charge in [-0.2, -0.15) is 0 Å². The third kappa shape index (κ3) is 6.45. The van der Waals surface area contributed by atoms with Gasteiger partial charge in [0, 0.05) is 19.1 Å². The van der Waals surface area contributed by atoms with Crippen molar-refractivity contribution in [1.82, 2.24) is 0 Å². The number of anilines is 1. The molecule has 3 atom stereocenters. The summed E-state index contributed by atoms with van der Waals surface area (Å²) in [6.45, 7) is 2.41. The van der Waals surface area contributed by atoms with Crippen molar-refractivity contribution in [2.75, 3.05) is 4.90 Å². The van der Waals surface area contributed by atoms with Crippen molar-refractivity contribution in [1.29, 1.82) is 0 Å². The van der Waals surface area contributed by atoms with Crippen LogP contribution >= 0.6 is 0 Å². The number of carbonyl (C=O) groups excluding carboxylic acids is 2. The number of carbonyl (C=O) groups is 2. The zero-order valence-corrected chi connectivity index (χ0v) is 26.3. The van der Waals surface area contributed by atoms with E-state index < -0.39 is 12.0 Å². The summed E-state index contributed by atoms with van der Waals surface area (Å²) in [6, 6.07) is 42.9. The van der Waals surface area contributed by atoms with Crippen LogP contribution in [-0.2, 0) is 22.8 Å². The first-order valence-corrected chi connectivity index (χ1v) is 16.1. The average Bonchev–Trinajstić information content (AvgIpc) is 3.26. The molecule has 6 nitrogen and oxygen atoms in total. The first kappa shape index (κ1) is 30.2. The second-order valence-corrected chi connectivity index (χ2v) is 12.1. The number of ketones is 1. The summed E-state index contributed by atoms with van der Waals surface area (Å²) in [4.78, 5) is 34.9. The zero-order chi connectivity index (χ0) is 32.2. The quantitative estimate of drug-likeness (QED) is 0.174. The second-order valence-electron chi connectivity index (χ2n) is 12.1. The Morgan fingerprint density at radius 2 is 1.40 bits per heavy atom. The van der Waals surface area contributed by atoms with Gasteiger partial charge in [0.25, 0.3) is 0 Å². The van der Waals surface area contributed by atoms with E-state index in [1.807, 2.05) is 127 Å². The number of para-hydroxylation sites is 3. The Morgan fingerprint density at radius 3 is 2.15 bits per heavy atom. The first-order valence-electron chi connectivity index (χ1n) is 16.1. The summed E-state index contributed by atoms with van der Waals surface area (Å²) >= 11 is 0. The molecular weight excluding hydrogens is 584 g/mol. The number of ether oxygens (including phenoxy) is 2. The molecule has 5 aromatic carbocycles. The Morgan fingerprint density at radius 1 is 0.745 bits per heavy atom. The Balaban J connectivity index is 1.24. The lowest BCUT2D eigenvalue weighted by molar-refractivity contribution is -0.123. The van der Waals surface area contributed by atoms with E-state index in [2.05, 4.69) is 6.07 Å². The van der Waals surface area contributed by atoms with Gasteiger partial charge in [-0.1, -0.05) is 103 Å². The molecule has 0 saturated heterocycles. The van der Waals surface area contributed by atoms with Crippen LogP contribution in [0.25, 0.3) is 0 Å². The van der Waals surface area contributed by atoms with Gasteiger partial charge in [-0.05, 0) is 64.9 Å². The van der Waals surface area contributed by atoms with Gasteiger partial charge in [-0.3, -0.25) is 14.6 Å². The van der Waals surface area contributed by atoms with E-state index in [0.717, 1.165) is 33.7 Å². The molecule has 0 radical (unpaired) electrons. The van der Waals surface area contributed by atoms with Crippen LogP contribution in [0.1, 0.15) is 54.0 Å². The highest BCUT2D eigenvalue weighted by atomic mass is 16.5. The molecule has 0 spiro atoms. The van der Waals surface area contributed by atoms with E-state index in [4.69, 9.17) is 14.5 Å². The normalized spacial score (nSPS) is 18.7. The molecule has 6 heteroatoms. The maximum Gasteiger partial charge on any atom is 0.224 e. The molecule has 5 aromatic rings. The van der Waals surface area contributed by atoms with Crippen molar-refractivity contribution in [2.24, 2.45) is 10.9 Å². The van der Waals surface area contributed by atoms with Crippen molar-refractivity contribution in [3.05, 3.63) is 156 Å². The Hall–Kier alpha value is -5.49. The van der Waals surface area contributed by atoms with Crippen LogP contribution in [0.4, 0.5) is 11.4 Å². The summed E-state index contributed by atoms with van der Waals surface area (Å²) < 4.78 is 12.5. The van der Waals surface area contributed by atoms with Crippen LogP contribution in [0.5, 0.6) is 11.5 Å². The molecule has 1 saturated carbocycles. The number of hydrogen-bond donors (Lipinski definition) is 0. The third-order valence-corrected chi connectivity index (χ3v) is 8.99. The molecule has 47 heavy (non-hydrogen) atoms. The van der Waals surface area contributed by atoms with E-state index >= 15 is 0 Å². The maximum absolute atomic E-state index is 14.5. The minimum Gasteiger partial charge on any atom is -0.489 e. The minimum absolute atomic E-state index is 0.0533. The van der Waals surface area contributed by atoms with E-state index in [0.29, 0.717) is 43.2 Å². The number of hydrogen-bond acceptors (Lipinski definition) is 5. The van der Waals surface area contributed by atoms with Gasteiger partial charge in [0.05, 0.1) is 23.3 Å². The average molecular weight is 621 g/mol. The fraction of sp³-hybridized carbons (Fsp3) is 0.195. The second kappa shape index (κ2) is 13.5. The zero-order valence-electron chi connectivity index (χ0n) is 26.3. The largest absolute Gasteiger partial charge is 0.489 e. The fourth-order valence-corrected chi connectivity index (χ4v) is 6.84. The van der Waals surface area contributed by atoms with Crippen molar-refractivity contribution in [2.45, 2.75) is 44.9 Å². The molecule has 0 aromatic heterocycles. The maximum atomic E-state index is 14.5. The number of amides is 1. The van der Waals surface area contributed by atoms with Gasteiger partial charge in [-0.25, -0.2) is 0 Å². The van der Waals surface area contributed by atoms with E-state index in [9.17, 15) is 9.59 Å². The number of rotatable bonds is 8. The van der Waals surface area contributed by atoms with Crippen LogP contribution < -0.4 is 14.4 Å². The lowest BCUT2D eigenvalue weighted by Crippen LogP contribution is -2.45. The summed E-state index contributed by atoms with van der Waals surface area (Å²) in [7, 11) is 0. The van der Waals surface area contributed by atoms with Gasteiger partial charge in [0.15, 0.2) is 0 Å². The predicted octanol–water partition coefficient (Wildman–Crippen LogP) is 8.79. The van der Waals surface area contributed by atoms with Crippen molar-refractivity contribution < 1.29 is 19.1 Å². The molecule has 1 aliphatic carbocycles. The van der Waals surface area contributed by atoms with E-state index in [-0.39, 0.29) is 17.6 Å². The fourth-order valence-electron chi connectivity index (χ4n) is 6.84. The summed E-state index contributed by atoms with van der Waals surface area (Å²) in [6.07, 6.45) is 0.890. The topological polar surface area (TPSA) is 68.2 Å².